The fourth-order valence-electron chi connectivity index (χ4n) is 3.66. The molecule has 0 radical (unpaired) electrons. The quantitative estimate of drug-likeness (QED) is 0.436. The molecular weight excluding hydrogens is 416 g/mol. The lowest BCUT2D eigenvalue weighted by Gasteiger charge is -2.37. The predicted octanol–water partition coefficient (Wildman–Crippen LogP) is 5.57. The molecule has 0 atom stereocenters. The van der Waals surface area contributed by atoms with Crippen molar-refractivity contribution in [2.24, 2.45) is 0 Å². The Morgan fingerprint density at radius 1 is 1.18 bits per heavy atom. The molecule has 1 aromatic carbocycles. The van der Waals surface area contributed by atoms with Gasteiger partial charge in [0.2, 0.25) is 0 Å². The smallest absolute Gasteiger partial charge is 0.279 e. The van der Waals surface area contributed by atoms with Crippen molar-refractivity contribution in [3.63, 3.8) is 0 Å². The monoisotopic (exact) mass is 449 g/mol. The molecule has 1 fully saturated rings. The lowest BCUT2D eigenvalue weighted by Crippen LogP contribution is -2.53. The molecule has 4 nitrogen and oxygen atoms in total. The number of nitrogens with zero attached hydrogens (tertiary/aromatic N) is 1. The SMILES string of the molecule is C=C/C=C(\C=C)C[N+]1(CC(=O)Nc2ccccc2C)CCCCCC1.COBr. The van der Waals surface area contributed by atoms with Crippen LogP contribution in [0.2, 0.25) is 0 Å². The third-order valence-corrected chi connectivity index (χ3v) is 5.03. The Balaban J connectivity index is 0.00000122. The van der Waals surface area contributed by atoms with Gasteiger partial charge in [-0.2, -0.15) is 0 Å². The summed E-state index contributed by atoms with van der Waals surface area (Å²) in [6, 6.07) is 7.94. The molecule has 0 bridgehead atoms. The van der Waals surface area contributed by atoms with Crippen molar-refractivity contribution in [3.8, 4) is 0 Å². The van der Waals surface area contributed by atoms with Crippen LogP contribution >= 0.6 is 16.3 Å². The van der Waals surface area contributed by atoms with Gasteiger partial charge in [-0.05, 0) is 44.2 Å². The minimum absolute atomic E-state index is 0.0956. The fraction of sp³-hybridized carbons (Fsp3) is 0.435. The van der Waals surface area contributed by atoms with E-state index in [1.54, 1.807) is 13.2 Å². The minimum atomic E-state index is 0.0956. The number of allylic oxidation sites excluding steroid dienone is 2. The fourth-order valence-corrected chi connectivity index (χ4v) is 3.66. The van der Waals surface area contributed by atoms with Gasteiger partial charge in [0.1, 0.15) is 6.54 Å². The highest BCUT2D eigenvalue weighted by Gasteiger charge is 2.32. The number of amides is 1. The van der Waals surface area contributed by atoms with Crippen molar-refractivity contribution in [2.75, 3.05) is 38.6 Å². The summed E-state index contributed by atoms with van der Waals surface area (Å²) in [7, 11) is 1.54. The molecule has 0 unspecified atom stereocenters. The van der Waals surface area contributed by atoms with Crippen molar-refractivity contribution < 1.29 is 13.1 Å². The van der Waals surface area contributed by atoms with E-state index in [0.29, 0.717) is 6.54 Å². The molecule has 1 aliphatic heterocycles. The van der Waals surface area contributed by atoms with Gasteiger partial charge in [-0.3, -0.25) is 4.79 Å². The summed E-state index contributed by atoms with van der Waals surface area (Å²) in [5.74, 6) is 0.0956. The summed E-state index contributed by atoms with van der Waals surface area (Å²) in [4.78, 5) is 12.8. The number of carbonyl (C=O) groups is 1. The number of benzene rings is 1. The molecule has 0 spiro atoms. The van der Waals surface area contributed by atoms with Crippen LogP contribution in [0, 0.1) is 6.92 Å². The Labute approximate surface area is 179 Å². The summed E-state index contributed by atoms with van der Waals surface area (Å²) in [6.07, 6.45) is 10.6. The van der Waals surface area contributed by atoms with Gasteiger partial charge in [-0.25, -0.2) is 0 Å². The molecule has 0 saturated carbocycles. The van der Waals surface area contributed by atoms with E-state index >= 15 is 0 Å². The maximum atomic E-state index is 12.8. The molecule has 1 amide bonds. The third-order valence-electron chi connectivity index (χ3n) is 5.03. The van der Waals surface area contributed by atoms with Gasteiger partial charge >= 0.3 is 0 Å². The number of quaternary nitrogens is 1. The number of para-hydroxylation sites is 1. The first-order chi connectivity index (χ1) is 13.5. The van der Waals surface area contributed by atoms with Gasteiger partial charge in [0.25, 0.3) is 5.91 Å². The van der Waals surface area contributed by atoms with Crippen molar-refractivity contribution in [2.45, 2.75) is 32.6 Å². The van der Waals surface area contributed by atoms with E-state index in [-0.39, 0.29) is 5.91 Å². The molecule has 5 heteroatoms. The van der Waals surface area contributed by atoms with E-state index < -0.39 is 0 Å². The standard InChI is InChI=1S/C22H30N2O.CH3BrO/c1-4-12-20(5-2)17-24(15-10-6-7-11-16-24)18-22(25)23-21-14-9-8-13-19(21)3;1-3-2/h4-5,8-9,12-14H,1-2,6-7,10-11,15-18H2,3H3;1H3/p+1/b20-12+;. The molecule has 1 saturated heterocycles. The van der Waals surface area contributed by atoms with E-state index in [9.17, 15) is 4.79 Å². The van der Waals surface area contributed by atoms with Crippen LogP contribution in [0.3, 0.4) is 0 Å². The van der Waals surface area contributed by atoms with Gasteiger partial charge in [-0.15, -0.1) is 0 Å². The maximum Gasteiger partial charge on any atom is 0.279 e. The van der Waals surface area contributed by atoms with E-state index in [4.69, 9.17) is 0 Å². The first-order valence-electron chi connectivity index (χ1n) is 9.79. The number of rotatable bonds is 7. The Morgan fingerprint density at radius 2 is 1.79 bits per heavy atom. The van der Waals surface area contributed by atoms with Crippen LogP contribution in [0.25, 0.3) is 0 Å². The third kappa shape index (κ3) is 8.55. The van der Waals surface area contributed by atoms with Gasteiger partial charge in [0.05, 0.1) is 36.5 Å². The molecule has 1 N–H and O–H groups in total. The average Bonchev–Trinajstić information content (AvgIpc) is 2.89. The first-order valence-corrected chi connectivity index (χ1v) is 10.4. The van der Waals surface area contributed by atoms with E-state index in [0.717, 1.165) is 40.9 Å². The minimum Gasteiger partial charge on any atom is -0.321 e. The van der Waals surface area contributed by atoms with E-state index in [1.165, 1.54) is 25.7 Å². The van der Waals surface area contributed by atoms with Gasteiger partial charge in [0.15, 0.2) is 6.54 Å². The Morgan fingerprint density at radius 3 is 2.32 bits per heavy atom. The summed E-state index contributed by atoms with van der Waals surface area (Å²) >= 11 is 2.65. The van der Waals surface area contributed by atoms with Crippen LogP contribution in [-0.4, -0.2) is 43.7 Å². The Bertz CT molecular complexity index is 662. The molecule has 1 aliphatic rings. The van der Waals surface area contributed by atoms with Crippen molar-refractivity contribution in [1.29, 1.82) is 0 Å². The number of carbonyl (C=O) groups excluding carboxylic acids is 1. The zero-order valence-corrected chi connectivity index (χ0v) is 18.8. The molecule has 0 aromatic heterocycles. The molecule has 154 valence electrons. The predicted molar refractivity (Wildman–Crippen MR) is 122 cm³/mol. The Hall–Kier alpha value is -1.69. The van der Waals surface area contributed by atoms with Crippen molar-refractivity contribution in [3.05, 3.63) is 66.8 Å². The largest absolute Gasteiger partial charge is 0.321 e. The van der Waals surface area contributed by atoms with Crippen LogP contribution in [-0.2, 0) is 8.62 Å². The highest BCUT2D eigenvalue weighted by molar-refractivity contribution is 9.06. The molecule has 0 aliphatic carbocycles. The summed E-state index contributed by atoms with van der Waals surface area (Å²) in [5, 5.41) is 3.11. The second-order valence-corrected chi connectivity index (χ2v) is 7.87. The lowest BCUT2D eigenvalue weighted by molar-refractivity contribution is -0.915. The summed E-state index contributed by atoms with van der Waals surface area (Å²) in [6.45, 7) is 13.2. The van der Waals surface area contributed by atoms with E-state index in [1.807, 2.05) is 43.3 Å². The second kappa shape index (κ2) is 13.5. The van der Waals surface area contributed by atoms with Gasteiger partial charge in [0, 0.05) is 11.3 Å². The lowest BCUT2D eigenvalue weighted by atomic mass is 10.1. The average molecular weight is 450 g/mol. The van der Waals surface area contributed by atoms with Crippen LogP contribution in [0.4, 0.5) is 5.69 Å². The maximum absolute atomic E-state index is 12.8. The summed E-state index contributed by atoms with van der Waals surface area (Å²) < 4.78 is 4.87. The van der Waals surface area contributed by atoms with Crippen LogP contribution < -0.4 is 5.32 Å². The van der Waals surface area contributed by atoms with Crippen molar-refractivity contribution in [1.82, 2.24) is 0 Å². The number of likely N-dealkylation sites (tertiary alicyclic amines) is 1. The highest BCUT2D eigenvalue weighted by Crippen LogP contribution is 2.22. The molecule has 1 aromatic rings. The first kappa shape index (κ1) is 24.3. The molecule has 2 rings (SSSR count). The van der Waals surface area contributed by atoms with Crippen molar-refractivity contribution >= 4 is 27.9 Å². The van der Waals surface area contributed by atoms with E-state index in [2.05, 4.69) is 38.6 Å². The molecule has 28 heavy (non-hydrogen) atoms. The number of anilines is 1. The highest BCUT2D eigenvalue weighted by atomic mass is 79.9. The normalized spacial score (nSPS) is 16.2. The van der Waals surface area contributed by atoms with Crippen LogP contribution in [0.15, 0.2) is 61.2 Å². The number of nitrogens with one attached hydrogen (secondary N) is 1. The zero-order chi connectivity index (χ0) is 20.8. The van der Waals surface area contributed by atoms with Gasteiger partial charge < -0.3 is 13.6 Å². The number of hydrogen-bond donors (Lipinski definition) is 1. The second-order valence-electron chi connectivity index (χ2n) is 7.22. The van der Waals surface area contributed by atoms with Gasteiger partial charge in [-0.1, -0.05) is 49.6 Å². The number of hydrogen-bond acceptors (Lipinski definition) is 2. The summed E-state index contributed by atoms with van der Waals surface area (Å²) in [5.41, 5.74) is 3.16. The van der Waals surface area contributed by atoms with Crippen LogP contribution in [0.1, 0.15) is 31.2 Å². The molecule has 1 heterocycles. The zero-order valence-electron chi connectivity index (χ0n) is 17.3. The number of aryl methyl sites for hydroxylation is 1. The molecular formula is C23H34BrN2O2+. The Kier molecular flexibility index (Phi) is 11.7. The van der Waals surface area contributed by atoms with Crippen LogP contribution in [0.5, 0.6) is 0 Å². The number of halogens is 1. The topological polar surface area (TPSA) is 38.3 Å².